The monoisotopic (exact) mass is 416 g/mol. The Balaban J connectivity index is 2.17. The minimum absolute atomic E-state index is 0.0490. The number of hydrogen-bond acceptors (Lipinski definition) is 2. The van der Waals surface area contributed by atoms with Gasteiger partial charge >= 0.3 is 136 Å². The van der Waals surface area contributed by atoms with E-state index >= 15 is 0 Å². The maximum atomic E-state index is 11.2. The van der Waals surface area contributed by atoms with E-state index in [0.29, 0.717) is 41.3 Å². The van der Waals surface area contributed by atoms with Gasteiger partial charge in [0.05, 0.1) is 0 Å². The number of rotatable bonds is 4. The van der Waals surface area contributed by atoms with Crippen molar-refractivity contribution in [3.05, 3.63) is 54.7 Å². The van der Waals surface area contributed by atoms with Crippen LogP contribution in [0.2, 0.25) is 0 Å². The van der Waals surface area contributed by atoms with E-state index in [2.05, 4.69) is 47.1 Å². The molecule has 1 aliphatic rings. The van der Waals surface area contributed by atoms with Crippen molar-refractivity contribution in [3.63, 3.8) is 0 Å². The zero-order valence-corrected chi connectivity index (χ0v) is 15.5. The molecule has 0 aromatic carbocycles. The normalized spacial score (nSPS) is 21.4. The fraction of sp³-hybridized carbons (Fsp3) is 0.312. The SMILES string of the molecule is CC1=C[C@H](CC=O)C(c2ccc[se]2)(c2ccc[se]2)SC1. The second-order valence-electron chi connectivity index (χ2n) is 5.00. The summed E-state index contributed by atoms with van der Waals surface area (Å²) >= 11 is 2.92. The van der Waals surface area contributed by atoms with Crippen LogP contribution in [0.5, 0.6) is 0 Å². The van der Waals surface area contributed by atoms with E-state index in [9.17, 15) is 4.79 Å². The van der Waals surface area contributed by atoms with Crippen LogP contribution in [-0.2, 0) is 9.54 Å². The molecule has 1 atom stereocenters. The van der Waals surface area contributed by atoms with Crippen molar-refractivity contribution in [1.82, 2.24) is 0 Å². The molecule has 0 spiro atoms. The van der Waals surface area contributed by atoms with Crippen LogP contribution < -0.4 is 0 Å². The van der Waals surface area contributed by atoms with Crippen LogP contribution in [0.4, 0.5) is 0 Å². The number of carbonyl (C=O) groups excluding carboxylic acids is 1. The van der Waals surface area contributed by atoms with Gasteiger partial charge in [0, 0.05) is 0 Å². The van der Waals surface area contributed by atoms with E-state index in [1.807, 2.05) is 11.8 Å². The van der Waals surface area contributed by atoms with E-state index in [-0.39, 0.29) is 4.75 Å². The summed E-state index contributed by atoms with van der Waals surface area (Å²) in [7, 11) is 0. The van der Waals surface area contributed by atoms with Crippen molar-refractivity contribution in [2.45, 2.75) is 18.1 Å². The van der Waals surface area contributed by atoms with Crippen LogP contribution >= 0.6 is 11.8 Å². The first-order valence-corrected chi connectivity index (χ1v) is 11.3. The molecule has 1 aliphatic heterocycles. The second kappa shape index (κ2) is 6.25. The first kappa shape index (κ1) is 14.7. The second-order valence-corrected chi connectivity index (χ2v) is 10.2. The molecule has 4 heteroatoms. The predicted molar refractivity (Wildman–Crippen MR) is 87.9 cm³/mol. The molecular formula is C16H16OSSe2. The van der Waals surface area contributed by atoms with Gasteiger partial charge < -0.3 is 0 Å². The Morgan fingerprint density at radius 3 is 2.45 bits per heavy atom. The summed E-state index contributed by atoms with van der Waals surface area (Å²) in [5, 5.41) is 0. The van der Waals surface area contributed by atoms with Crippen LogP contribution in [-0.4, -0.2) is 41.0 Å². The van der Waals surface area contributed by atoms with Gasteiger partial charge in [0.25, 0.3) is 0 Å². The van der Waals surface area contributed by atoms with Gasteiger partial charge in [0.1, 0.15) is 0 Å². The molecule has 0 N–H and O–H groups in total. The van der Waals surface area contributed by atoms with Crippen molar-refractivity contribution in [3.8, 4) is 0 Å². The van der Waals surface area contributed by atoms with Gasteiger partial charge in [-0.25, -0.2) is 0 Å². The Morgan fingerprint density at radius 1 is 1.30 bits per heavy atom. The molecule has 0 amide bonds. The van der Waals surface area contributed by atoms with Crippen molar-refractivity contribution in [1.29, 1.82) is 0 Å². The van der Waals surface area contributed by atoms with E-state index < -0.39 is 0 Å². The van der Waals surface area contributed by atoms with Crippen LogP contribution in [0, 0.1) is 5.92 Å². The molecule has 0 saturated carbocycles. The topological polar surface area (TPSA) is 17.1 Å². The third kappa shape index (κ3) is 2.49. The maximum absolute atomic E-state index is 11.2. The zero-order valence-electron chi connectivity index (χ0n) is 11.2. The summed E-state index contributed by atoms with van der Waals surface area (Å²) in [5.41, 5.74) is 1.41. The summed E-state index contributed by atoms with van der Waals surface area (Å²) in [6.45, 7) is 2.19. The molecular weight excluding hydrogens is 398 g/mol. The van der Waals surface area contributed by atoms with Crippen LogP contribution in [0.3, 0.4) is 0 Å². The molecule has 0 radical (unpaired) electrons. The number of aldehydes is 1. The van der Waals surface area contributed by atoms with Gasteiger partial charge in [-0.15, -0.1) is 0 Å². The van der Waals surface area contributed by atoms with Gasteiger partial charge in [-0.05, 0) is 0 Å². The van der Waals surface area contributed by atoms with Gasteiger partial charge in [-0.2, -0.15) is 0 Å². The van der Waals surface area contributed by atoms with Crippen LogP contribution in [0.15, 0.2) is 45.8 Å². The number of allylic oxidation sites excluding steroid dienone is 1. The molecule has 1 nitrogen and oxygen atoms in total. The minimum atomic E-state index is 0.0490. The van der Waals surface area contributed by atoms with Gasteiger partial charge in [0.2, 0.25) is 0 Å². The molecule has 3 rings (SSSR count). The molecule has 3 heterocycles. The molecule has 0 saturated heterocycles. The Bertz CT molecular complexity index is 564. The fourth-order valence-corrected chi connectivity index (χ4v) is 9.48. The molecule has 0 aliphatic carbocycles. The van der Waals surface area contributed by atoms with Gasteiger partial charge in [0.15, 0.2) is 0 Å². The van der Waals surface area contributed by atoms with E-state index in [1.54, 1.807) is 8.87 Å². The fourth-order valence-electron chi connectivity index (χ4n) is 2.79. The quantitative estimate of drug-likeness (QED) is 0.435. The van der Waals surface area contributed by atoms with Gasteiger partial charge in [-0.1, -0.05) is 0 Å². The summed E-state index contributed by atoms with van der Waals surface area (Å²) in [6, 6.07) is 8.98. The Labute approximate surface area is 136 Å². The van der Waals surface area contributed by atoms with Crippen molar-refractivity contribution in [2.75, 3.05) is 5.75 Å². The third-order valence-corrected chi connectivity index (χ3v) is 10.3. The molecule has 2 aromatic heterocycles. The molecule has 104 valence electrons. The predicted octanol–water partition coefficient (Wildman–Crippen LogP) is 2.94. The average molecular weight is 414 g/mol. The zero-order chi connectivity index (χ0) is 14.0. The Morgan fingerprint density at radius 2 is 1.95 bits per heavy atom. The van der Waals surface area contributed by atoms with E-state index in [4.69, 9.17) is 0 Å². The number of thioether (sulfide) groups is 1. The molecule has 0 unspecified atom stereocenters. The first-order valence-electron chi connectivity index (χ1n) is 6.60. The molecule has 0 fully saturated rings. The molecule has 0 bridgehead atoms. The standard InChI is InChI=1S/C16H16OSSe2/c1-12-10-13(6-7-17)16(18-11-12,14-4-2-8-19-14)15-5-3-9-20-15/h2-5,7-10,13H,6,11H2,1H3/t13-/m0/s1. The van der Waals surface area contributed by atoms with Crippen LogP contribution in [0.25, 0.3) is 0 Å². The van der Waals surface area contributed by atoms with Crippen molar-refractivity contribution >= 4 is 47.1 Å². The van der Waals surface area contributed by atoms with E-state index in [0.717, 1.165) is 12.0 Å². The Kier molecular flexibility index (Phi) is 4.59. The number of hydrogen-bond donors (Lipinski definition) is 0. The Hall–Kier alpha value is -0.241. The first-order chi connectivity index (χ1) is 9.77. The summed E-state index contributed by atoms with van der Waals surface area (Å²) in [6.07, 6.45) is 4.08. The van der Waals surface area contributed by atoms with Crippen molar-refractivity contribution < 1.29 is 4.79 Å². The van der Waals surface area contributed by atoms with Crippen LogP contribution in [0.1, 0.15) is 22.2 Å². The summed E-state index contributed by atoms with van der Waals surface area (Å²) in [5.74, 6) is 1.40. The average Bonchev–Trinajstić information content (AvgIpc) is 3.13. The van der Waals surface area contributed by atoms with Crippen molar-refractivity contribution in [2.24, 2.45) is 5.92 Å². The number of carbonyl (C=O) groups is 1. The van der Waals surface area contributed by atoms with E-state index in [1.165, 1.54) is 5.57 Å². The third-order valence-electron chi connectivity index (χ3n) is 3.66. The summed E-state index contributed by atoms with van der Waals surface area (Å²) < 4.78 is 3.14. The molecule has 2 aromatic rings. The molecule has 20 heavy (non-hydrogen) atoms. The summed E-state index contributed by atoms with van der Waals surface area (Å²) in [4.78, 5) is 15.8. The van der Waals surface area contributed by atoms with Gasteiger partial charge in [-0.3, -0.25) is 0 Å².